The highest BCUT2D eigenvalue weighted by Crippen LogP contribution is 2.20. The van der Waals surface area contributed by atoms with Gasteiger partial charge in [0.2, 0.25) is 0 Å². The summed E-state index contributed by atoms with van der Waals surface area (Å²) in [6, 6.07) is 0.783. The van der Waals surface area contributed by atoms with E-state index in [0.717, 1.165) is 6.04 Å². The van der Waals surface area contributed by atoms with E-state index in [9.17, 15) is 0 Å². The van der Waals surface area contributed by atoms with Gasteiger partial charge in [0.1, 0.15) is 0 Å². The zero-order valence-corrected chi connectivity index (χ0v) is 11.0. The molecule has 3 nitrogen and oxygen atoms in total. The van der Waals surface area contributed by atoms with Gasteiger partial charge in [0, 0.05) is 25.9 Å². The van der Waals surface area contributed by atoms with Crippen molar-refractivity contribution in [2.24, 2.45) is 0 Å². The van der Waals surface area contributed by atoms with Gasteiger partial charge in [-0.15, -0.1) is 0 Å². The highest BCUT2D eigenvalue weighted by atomic mass is 32.3. The van der Waals surface area contributed by atoms with Crippen LogP contribution in [0.15, 0.2) is 0 Å². The predicted octanol–water partition coefficient (Wildman–Crippen LogP) is 1.18. The fourth-order valence-electron chi connectivity index (χ4n) is 1.14. The molecule has 0 saturated heterocycles. The van der Waals surface area contributed by atoms with Gasteiger partial charge in [0.15, 0.2) is 0 Å². The lowest BCUT2D eigenvalue weighted by molar-refractivity contribution is -0.365. The SMILES string of the molecule is CCOC(C[SiH2]S)(OCC)OCC. The second-order valence-corrected chi connectivity index (χ2v) is 4.74. The molecule has 0 radical (unpaired) electrons. The topological polar surface area (TPSA) is 27.7 Å². The highest BCUT2D eigenvalue weighted by molar-refractivity contribution is 8.06. The summed E-state index contributed by atoms with van der Waals surface area (Å²) in [5, 5.41) is 0. The first-order chi connectivity index (χ1) is 6.24. The molecule has 0 fully saturated rings. The van der Waals surface area contributed by atoms with E-state index in [4.69, 9.17) is 14.2 Å². The van der Waals surface area contributed by atoms with E-state index in [1.807, 2.05) is 20.8 Å². The third-order valence-corrected chi connectivity index (χ3v) is 3.02. The minimum Gasteiger partial charge on any atom is -0.328 e. The first-order valence-corrected chi connectivity index (χ1v) is 8.30. The molecule has 0 saturated carbocycles. The molecule has 0 aromatic heterocycles. The van der Waals surface area contributed by atoms with Crippen LogP contribution in [0.3, 0.4) is 0 Å². The van der Waals surface area contributed by atoms with Gasteiger partial charge in [0.05, 0.1) is 8.67 Å². The Balaban J connectivity index is 4.19. The smallest absolute Gasteiger partial charge is 0.280 e. The lowest BCUT2D eigenvalue weighted by Gasteiger charge is -2.31. The quantitative estimate of drug-likeness (QED) is 0.381. The van der Waals surface area contributed by atoms with Crippen LogP contribution in [-0.2, 0) is 14.2 Å². The van der Waals surface area contributed by atoms with Gasteiger partial charge in [-0.05, 0) is 20.8 Å². The number of rotatable bonds is 8. The molecule has 0 spiro atoms. The largest absolute Gasteiger partial charge is 0.328 e. The van der Waals surface area contributed by atoms with Gasteiger partial charge in [0.25, 0.3) is 5.97 Å². The van der Waals surface area contributed by atoms with Crippen molar-refractivity contribution >= 4 is 20.7 Å². The van der Waals surface area contributed by atoms with Crippen LogP contribution in [0.2, 0.25) is 6.04 Å². The first-order valence-electron chi connectivity index (χ1n) is 4.77. The van der Waals surface area contributed by atoms with Gasteiger partial charge in [-0.25, -0.2) is 12.1 Å². The number of thiol groups is 1. The van der Waals surface area contributed by atoms with Crippen molar-refractivity contribution < 1.29 is 14.2 Å². The zero-order chi connectivity index (χ0) is 10.2. The van der Waals surface area contributed by atoms with Gasteiger partial charge in [-0.1, -0.05) is 0 Å². The molecule has 80 valence electrons. The average molecular weight is 224 g/mol. The Bertz CT molecular complexity index is 94.4. The van der Waals surface area contributed by atoms with Crippen molar-refractivity contribution in [3.63, 3.8) is 0 Å². The van der Waals surface area contributed by atoms with Crippen molar-refractivity contribution in [2.75, 3.05) is 19.8 Å². The summed E-state index contributed by atoms with van der Waals surface area (Å²) in [5.41, 5.74) is 0. The molecule has 0 aromatic rings. The molecule has 0 aliphatic carbocycles. The second-order valence-electron chi connectivity index (χ2n) is 2.46. The first kappa shape index (κ1) is 13.4. The van der Waals surface area contributed by atoms with Crippen molar-refractivity contribution in [1.29, 1.82) is 0 Å². The van der Waals surface area contributed by atoms with Crippen LogP contribution in [0.4, 0.5) is 0 Å². The van der Waals surface area contributed by atoms with Crippen LogP contribution in [0.5, 0.6) is 0 Å². The summed E-state index contributed by atoms with van der Waals surface area (Å²) in [4.78, 5) is 0. The summed E-state index contributed by atoms with van der Waals surface area (Å²) in [6.45, 7) is 7.61. The Hall–Kier alpha value is 0.447. The Morgan fingerprint density at radius 3 is 1.62 bits per heavy atom. The summed E-state index contributed by atoms with van der Waals surface area (Å²) in [5.74, 6) is -0.813. The third-order valence-electron chi connectivity index (χ3n) is 1.51. The number of ether oxygens (including phenoxy) is 3. The molecule has 0 amide bonds. The number of hydrogen-bond donors (Lipinski definition) is 1. The van der Waals surface area contributed by atoms with Crippen molar-refractivity contribution in [2.45, 2.75) is 32.8 Å². The molecule has 0 heterocycles. The van der Waals surface area contributed by atoms with Crippen LogP contribution in [0.1, 0.15) is 20.8 Å². The molecule has 0 bridgehead atoms. The van der Waals surface area contributed by atoms with Crippen LogP contribution in [-0.4, -0.2) is 34.5 Å². The van der Waals surface area contributed by atoms with Crippen molar-refractivity contribution in [3.8, 4) is 0 Å². The molecule has 0 N–H and O–H groups in total. The molecule has 0 aliphatic heterocycles. The standard InChI is InChI=1S/C8H20O3SSi/c1-4-9-8(7-13-12,10-5-2)11-6-3/h12H,4-7,13H2,1-3H3. The molecule has 0 rings (SSSR count). The van der Waals surface area contributed by atoms with Crippen molar-refractivity contribution in [1.82, 2.24) is 0 Å². The Morgan fingerprint density at radius 1 is 1.00 bits per heavy atom. The van der Waals surface area contributed by atoms with E-state index < -0.39 is 14.6 Å². The van der Waals surface area contributed by atoms with Crippen LogP contribution < -0.4 is 0 Å². The van der Waals surface area contributed by atoms with E-state index in [-0.39, 0.29) is 0 Å². The van der Waals surface area contributed by atoms with Gasteiger partial charge >= 0.3 is 0 Å². The van der Waals surface area contributed by atoms with E-state index in [2.05, 4.69) is 12.1 Å². The van der Waals surface area contributed by atoms with E-state index in [0.29, 0.717) is 19.8 Å². The Kier molecular flexibility index (Phi) is 8.08. The number of hydrogen-bond acceptors (Lipinski definition) is 4. The molecule has 5 heteroatoms. The fourth-order valence-corrected chi connectivity index (χ4v) is 2.67. The normalized spacial score (nSPS) is 12.9. The highest BCUT2D eigenvalue weighted by Gasteiger charge is 2.31. The minimum atomic E-state index is -0.813. The summed E-state index contributed by atoms with van der Waals surface area (Å²) in [7, 11) is -0.432. The molecular weight excluding hydrogens is 204 g/mol. The third kappa shape index (κ3) is 5.02. The molecule has 13 heavy (non-hydrogen) atoms. The summed E-state index contributed by atoms with van der Waals surface area (Å²) in [6.07, 6.45) is 0. The van der Waals surface area contributed by atoms with Crippen LogP contribution in [0.25, 0.3) is 0 Å². The fraction of sp³-hybridized carbons (Fsp3) is 1.00. The molecule has 0 atom stereocenters. The maximum atomic E-state index is 5.49. The molecule has 0 aromatic carbocycles. The molecular formula is C8H20O3SSi. The Labute approximate surface area is 88.0 Å². The van der Waals surface area contributed by atoms with E-state index in [1.165, 1.54) is 0 Å². The van der Waals surface area contributed by atoms with E-state index >= 15 is 0 Å². The zero-order valence-electron chi connectivity index (χ0n) is 8.71. The lowest BCUT2D eigenvalue weighted by atomic mass is 10.6. The summed E-state index contributed by atoms with van der Waals surface area (Å²) >= 11 is 4.29. The average Bonchev–Trinajstić information content (AvgIpc) is 2.06. The van der Waals surface area contributed by atoms with Crippen LogP contribution in [0, 0.1) is 0 Å². The molecule has 0 aliphatic rings. The molecule has 0 unspecified atom stereocenters. The van der Waals surface area contributed by atoms with Crippen molar-refractivity contribution in [3.05, 3.63) is 0 Å². The maximum absolute atomic E-state index is 5.49. The predicted molar refractivity (Wildman–Crippen MR) is 59.9 cm³/mol. The van der Waals surface area contributed by atoms with Gasteiger partial charge < -0.3 is 14.2 Å². The van der Waals surface area contributed by atoms with Gasteiger partial charge in [-0.3, -0.25) is 0 Å². The van der Waals surface area contributed by atoms with Gasteiger partial charge in [-0.2, -0.15) is 0 Å². The van der Waals surface area contributed by atoms with Crippen LogP contribution >= 0.6 is 12.1 Å². The maximum Gasteiger partial charge on any atom is 0.280 e. The van der Waals surface area contributed by atoms with E-state index in [1.54, 1.807) is 0 Å². The minimum absolute atomic E-state index is 0.432. The second kappa shape index (κ2) is 7.81. The summed E-state index contributed by atoms with van der Waals surface area (Å²) < 4.78 is 16.5. The lowest BCUT2D eigenvalue weighted by Crippen LogP contribution is -2.39. The monoisotopic (exact) mass is 224 g/mol. The Morgan fingerprint density at radius 2 is 1.38 bits per heavy atom.